The van der Waals surface area contributed by atoms with Gasteiger partial charge in [-0.05, 0) is 36.4 Å². The Balaban J connectivity index is 1.44. The second-order valence-electron chi connectivity index (χ2n) is 7.98. The zero-order chi connectivity index (χ0) is 29.9. The maximum Gasteiger partial charge on any atom is 0.321 e. The molecule has 0 aliphatic heterocycles. The molecule has 12 nitrogen and oxygen atoms in total. The molecule has 0 fully saturated rings. The van der Waals surface area contributed by atoms with E-state index in [9.17, 15) is 30.8 Å². The summed E-state index contributed by atoms with van der Waals surface area (Å²) in [6, 6.07) is 8.69. The van der Waals surface area contributed by atoms with Crippen LogP contribution in [0.3, 0.4) is 0 Å². The third-order valence-corrected chi connectivity index (χ3v) is 7.05. The number of methoxy groups -OCH3 is 2. The van der Waals surface area contributed by atoms with Gasteiger partial charge in [0, 0.05) is 11.8 Å². The molecule has 3 heterocycles. The van der Waals surface area contributed by atoms with Crippen molar-refractivity contribution in [3.63, 3.8) is 0 Å². The fourth-order valence-electron chi connectivity index (χ4n) is 3.43. The second-order valence-corrected chi connectivity index (χ2v) is 10.0. The van der Waals surface area contributed by atoms with Crippen molar-refractivity contribution in [1.82, 2.24) is 19.7 Å². The van der Waals surface area contributed by atoms with Crippen LogP contribution in [0.4, 0.5) is 29.1 Å². The highest BCUT2D eigenvalue weighted by molar-refractivity contribution is 7.92. The first-order valence-electron chi connectivity index (χ1n) is 11.2. The Morgan fingerprint density at radius 1 is 1.05 bits per heavy atom. The first-order valence-corrected chi connectivity index (χ1v) is 13.1. The lowest BCUT2D eigenvalue weighted by atomic mass is 10.3. The number of ether oxygens (including phenoxy) is 2. The number of sulfonamides is 1. The number of benzene rings is 1. The monoisotopic (exact) mass is 618 g/mol. The van der Waals surface area contributed by atoms with E-state index in [0.29, 0.717) is 4.68 Å². The predicted octanol–water partition coefficient (Wildman–Crippen LogP) is 4.91. The molecule has 4 aromatic rings. The lowest BCUT2D eigenvalue weighted by molar-refractivity contribution is 0.0994. The summed E-state index contributed by atoms with van der Waals surface area (Å²) in [4.78, 5) is 20.2. The van der Waals surface area contributed by atoms with Crippen molar-refractivity contribution in [2.24, 2.45) is 0 Å². The maximum absolute atomic E-state index is 13.4. The van der Waals surface area contributed by atoms with E-state index in [4.69, 9.17) is 25.5 Å². The van der Waals surface area contributed by atoms with Gasteiger partial charge < -0.3 is 19.2 Å². The van der Waals surface area contributed by atoms with Crippen molar-refractivity contribution in [3.8, 4) is 11.9 Å². The molecule has 0 aliphatic rings. The molecule has 0 saturated carbocycles. The van der Waals surface area contributed by atoms with Crippen LogP contribution in [-0.2, 0) is 16.6 Å². The molecule has 2 N–H and O–H groups in total. The molecule has 41 heavy (non-hydrogen) atoms. The third-order valence-electron chi connectivity index (χ3n) is 5.30. The summed E-state index contributed by atoms with van der Waals surface area (Å²) in [5.74, 6) is -1.08. The van der Waals surface area contributed by atoms with Crippen LogP contribution in [0.2, 0.25) is 5.02 Å². The highest BCUT2D eigenvalue weighted by Gasteiger charge is 2.28. The summed E-state index contributed by atoms with van der Waals surface area (Å²) in [6.45, 7) is -0.497. The first-order chi connectivity index (χ1) is 19.4. The number of amides is 1. The van der Waals surface area contributed by atoms with Crippen molar-refractivity contribution in [1.29, 1.82) is 0 Å². The first kappa shape index (κ1) is 29.6. The highest BCUT2D eigenvalue weighted by atomic mass is 35.5. The summed E-state index contributed by atoms with van der Waals surface area (Å²) in [5, 5.41) is 5.08. The highest BCUT2D eigenvalue weighted by Crippen LogP contribution is 2.35. The average molecular weight is 619 g/mol. The lowest BCUT2D eigenvalue weighted by Gasteiger charge is -2.10. The molecule has 1 aromatic carbocycles. The Bertz CT molecular complexity index is 1640. The summed E-state index contributed by atoms with van der Waals surface area (Å²) in [6.07, 6.45) is -6.36. The molecule has 3 aromatic heterocycles. The molecule has 0 saturated heterocycles. The summed E-state index contributed by atoms with van der Waals surface area (Å²) >= 11 is 5.64. The van der Waals surface area contributed by atoms with E-state index in [2.05, 4.69) is 25.1 Å². The predicted molar refractivity (Wildman–Crippen MR) is 135 cm³/mol. The van der Waals surface area contributed by atoms with E-state index in [1.165, 1.54) is 56.7 Å². The van der Waals surface area contributed by atoms with Gasteiger partial charge >= 0.3 is 6.01 Å². The number of hydrogen-bond donors (Lipinski definition) is 2. The minimum Gasteiger partial charge on any atom is -0.481 e. The van der Waals surface area contributed by atoms with Crippen molar-refractivity contribution in [3.05, 3.63) is 70.4 Å². The van der Waals surface area contributed by atoms with E-state index < -0.39 is 51.7 Å². The fourth-order valence-corrected chi connectivity index (χ4v) is 4.72. The number of carbonyl (C=O) groups excluding carboxylic acids is 1. The Morgan fingerprint density at radius 2 is 1.76 bits per heavy atom. The van der Waals surface area contributed by atoms with Crippen molar-refractivity contribution in [2.45, 2.75) is 24.3 Å². The number of anilines is 2. The standard InChI is InChI=1S/C23H19ClF4N6O6S/c1-38-16-9-15(30-23(31-16)39-2)33-41(36,37)13-6-3-11(4-7-13)29-22(35)14-8-5-12(40-14)10-34-19(21(27)28)17(24)18(32-34)20(25)26/h3-9,20-21H,10H2,1-2H3,(H,29,35)(H,30,31,33). The van der Waals surface area contributed by atoms with Gasteiger partial charge in [0.05, 0.1) is 30.7 Å². The molecular weight excluding hydrogens is 600 g/mol. The van der Waals surface area contributed by atoms with Gasteiger partial charge in [-0.2, -0.15) is 15.1 Å². The number of hydrogen-bond acceptors (Lipinski definition) is 9. The van der Waals surface area contributed by atoms with Crippen LogP contribution >= 0.6 is 11.6 Å². The zero-order valence-corrected chi connectivity index (χ0v) is 22.5. The topological polar surface area (TPSA) is 150 Å². The van der Waals surface area contributed by atoms with Gasteiger partial charge in [-0.15, -0.1) is 0 Å². The molecule has 218 valence electrons. The van der Waals surface area contributed by atoms with Crippen molar-refractivity contribution >= 4 is 39.0 Å². The van der Waals surface area contributed by atoms with Gasteiger partial charge in [0.1, 0.15) is 17.1 Å². The molecule has 4 rings (SSSR count). The van der Waals surface area contributed by atoms with Crippen LogP contribution in [0.5, 0.6) is 11.9 Å². The van der Waals surface area contributed by atoms with Gasteiger partial charge in [-0.1, -0.05) is 11.6 Å². The van der Waals surface area contributed by atoms with Crippen LogP contribution in [0.25, 0.3) is 0 Å². The maximum atomic E-state index is 13.4. The van der Waals surface area contributed by atoms with E-state index in [1.807, 2.05) is 0 Å². The second kappa shape index (κ2) is 12.0. The number of nitrogens with one attached hydrogen (secondary N) is 2. The molecule has 18 heteroatoms. The molecule has 0 atom stereocenters. The van der Waals surface area contributed by atoms with Crippen LogP contribution in [-0.4, -0.2) is 48.3 Å². The number of alkyl halides is 4. The smallest absolute Gasteiger partial charge is 0.321 e. The molecule has 0 unspecified atom stereocenters. The van der Waals surface area contributed by atoms with Crippen LogP contribution in [0.1, 0.15) is 40.6 Å². The summed E-state index contributed by atoms with van der Waals surface area (Å²) in [7, 11) is -1.47. The van der Waals surface area contributed by atoms with E-state index in [1.54, 1.807) is 0 Å². The van der Waals surface area contributed by atoms with Gasteiger partial charge in [-0.3, -0.25) is 14.2 Å². The van der Waals surface area contributed by atoms with Gasteiger partial charge in [0.15, 0.2) is 11.6 Å². The molecule has 0 bridgehead atoms. The quantitative estimate of drug-likeness (QED) is 0.223. The fraction of sp³-hybridized carbons (Fsp3) is 0.217. The molecule has 0 aliphatic carbocycles. The summed E-state index contributed by atoms with van der Waals surface area (Å²) < 4.78 is 96.5. The van der Waals surface area contributed by atoms with Gasteiger partial charge in [0.2, 0.25) is 5.88 Å². The largest absolute Gasteiger partial charge is 0.481 e. The van der Waals surface area contributed by atoms with E-state index >= 15 is 0 Å². The third kappa shape index (κ3) is 6.68. The van der Waals surface area contributed by atoms with Gasteiger partial charge in [-0.25, -0.2) is 26.0 Å². The Kier molecular flexibility index (Phi) is 8.67. The average Bonchev–Trinajstić information content (AvgIpc) is 3.52. The van der Waals surface area contributed by atoms with Crippen molar-refractivity contribution < 1.29 is 44.7 Å². The number of carbonyl (C=O) groups is 1. The minimum atomic E-state index is -4.10. The Labute approximate surface area is 234 Å². The minimum absolute atomic E-state index is 0.0393. The summed E-state index contributed by atoms with van der Waals surface area (Å²) in [5.41, 5.74) is -1.71. The molecule has 1 amide bonds. The van der Waals surface area contributed by atoms with Crippen molar-refractivity contribution in [2.75, 3.05) is 24.3 Å². The normalized spacial score (nSPS) is 11.6. The SMILES string of the molecule is COc1cc(NS(=O)(=O)c2ccc(NC(=O)c3ccc(Cn4nc(C(F)F)c(Cl)c4C(F)F)o3)cc2)nc(OC)n1. The van der Waals surface area contributed by atoms with Gasteiger partial charge in [0.25, 0.3) is 28.8 Å². The Hall–Kier alpha value is -4.38. The number of furan rings is 1. The van der Waals surface area contributed by atoms with E-state index in [0.717, 1.165) is 0 Å². The Morgan fingerprint density at radius 3 is 2.37 bits per heavy atom. The molecule has 0 radical (unpaired) electrons. The zero-order valence-electron chi connectivity index (χ0n) is 20.9. The number of aromatic nitrogens is 4. The molecular formula is C23H19ClF4N6O6S. The number of halogens is 5. The van der Waals surface area contributed by atoms with Crippen LogP contribution in [0, 0.1) is 0 Å². The number of nitrogens with zero attached hydrogens (tertiary/aromatic N) is 4. The van der Waals surface area contributed by atoms with Crippen LogP contribution in [0.15, 0.2) is 51.8 Å². The lowest BCUT2D eigenvalue weighted by Crippen LogP contribution is -2.15. The molecule has 0 spiro atoms. The van der Waals surface area contributed by atoms with Crippen LogP contribution < -0.4 is 19.5 Å². The number of rotatable bonds is 11. The van der Waals surface area contributed by atoms with E-state index in [-0.39, 0.29) is 39.8 Å².